The van der Waals surface area contributed by atoms with Gasteiger partial charge in [-0.3, -0.25) is 24.6 Å². The minimum absolute atomic E-state index is 0.0841. The molecule has 2 aromatic rings. The van der Waals surface area contributed by atoms with Gasteiger partial charge < -0.3 is 10.4 Å². The lowest BCUT2D eigenvalue weighted by Gasteiger charge is -2.32. The third-order valence-corrected chi connectivity index (χ3v) is 8.24. The number of imide groups is 1. The van der Waals surface area contributed by atoms with Crippen LogP contribution in [0, 0.1) is 11.8 Å². The zero-order valence-corrected chi connectivity index (χ0v) is 19.0. The van der Waals surface area contributed by atoms with Gasteiger partial charge in [0.05, 0.1) is 11.8 Å². The molecule has 3 heterocycles. The van der Waals surface area contributed by atoms with Gasteiger partial charge in [-0.1, -0.05) is 56.0 Å². The number of phenols is 1. The monoisotopic (exact) mass is 459 g/mol. The van der Waals surface area contributed by atoms with Crippen LogP contribution in [-0.2, 0) is 26.3 Å². The molecule has 176 valence electrons. The number of anilines is 1. The summed E-state index contributed by atoms with van der Waals surface area (Å²) >= 11 is 0. The number of nitrogens with zero attached hydrogens (tertiary/aromatic N) is 1. The second-order valence-electron chi connectivity index (χ2n) is 10.1. The van der Waals surface area contributed by atoms with Crippen LogP contribution >= 0.6 is 0 Å². The molecule has 2 saturated heterocycles. The summed E-state index contributed by atoms with van der Waals surface area (Å²) in [6, 6.07) is 13.9. The zero-order valence-electron chi connectivity index (χ0n) is 19.0. The van der Waals surface area contributed by atoms with Gasteiger partial charge in [-0.05, 0) is 43.0 Å². The number of phenolic OH excluding ortho intramolecular Hbond substituents is 1. The topological polar surface area (TPSA) is 98.7 Å². The molecule has 34 heavy (non-hydrogen) atoms. The van der Waals surface area contributed by atoms with Crippen LogP contribution in [0.1, 0.15) is 49.7 Å². The second kappa shape index (κ2) is 7.94. The maximum absolute atomic E-state index is 14.0. The summed E-state index contributed by atoms with van der Waals surface area (Å²) in [5.41, 5.74) is 1.12. The van der Waals surface area contributed by atoms with Crippen molar-refractivity contribution < 1.29 is 19.5 Å². The van der Waals surface area contributed by atoms with Gasteiger partial charge in [-0.2, -0.15) is 0 Å². The van der Waals surface area contributed by atoms with E-state index in [-0.39, 0.29) is 35.6 Å². The number of amides is 3. The number of aromatic hydroxyl groups is 1. The maximum Gasteiger partial charge on any atom is 0.250 e. The van der Waals surface area contributed by atoms with Crippen molar-refractivity contribution in [3.05, 3.63) is 59.7 Å². The largest absolute Gasteiger partial charge is 0.508 e. The molecule has 1 saturated carbocycles. The predicted molar refractivity (Wildman–Crippen MR) is 126 cm³/mol. The quantitative estimate of drug-likeness (QED) is 0.484. The number of hydrogen-bond donors (Lipinski definition) is 3. The van der Waals surface area contributed by atoms with Crippen molar-refractivity contribution in [1.82, 2.24) is 10.2 Å². The molecule has 3 amide bonds. The molecule has 2 aromatic carbocycles. The van der Waals surface area contributed by atoms with Gasteiger partial charge in [0.15, 0.2) is 0 Å². The highest BCUT2D eigenvalue weighted by Crippen LogP contribution is 2.54. The number of carbonyl (C=O) groups excluding carboxylic acids is 3. The average Bonchev–Trinajstić information content (AvgIpc) is 3.29. The first-order chi connectivity index (χ1) is 16.5. The van der Waals surface area contributed by atoms with Crippen molar-refractivity contribution in [2.75, 3.05) is 5.32 Å². The molecule has 3 N–H and O–H groups in total. The van der Waals surface area contributed by atoms with Gasteiger partial charge in [-0.15, -0.1) is 0 Å². The Morgan fingerprint density at radius 1 is 0.912 bits per heavy atom. The van der Waals surface area contributed by atoms with E-state index in [1.54, 1.807) is 12.1 Å². The molecular formula is C27H29N3O4. The number of carbonyl (C=O) groups is 3. The van der Waals surface area contributed by atoms with Crippen LogP contribution in [0.25, 0.3) is 0 Å². The van der Waals surface area contributed by atoms with Crippen LogP contribution in [0.2, 0.25) is 0 Å². The fourth-order valence-corrected chi connectivity index (χ4v) is 6.72. The summed E-state index contributed by atoms with van der Waals surface area (Å²) < 4.78 is 0. The van der Waals surface area contributed by atoms with E-state index in [0.29, 0.717) is 12.1 Å². The molecular weight excluding hydrogens is 430 g/mol. The summed E-state index contributed by atoms with van der Waals surface area (Å²) in [6.45, 7) is 0. The molecule has 6 rings (SSSR count). The van der Waals surface area contributed by atoms with E-state index < -0.39 is 17.4 Å². The predicted octanol–water partition coefficient (Wildman–Crippen LogP) is 3.08. The fraction of sp³-hybridized carbons (Fsp3) is 0.444. The van der Waals surface area contributed by atoms with Crippen molar-refractivity contribution in [2.24, 2.45) is 11.8 Å². The van der Waals surface area contributed by atoms with Crippen LogP contribution in [0.4, 0.5) is 5.69 Å². The Bertz CT molecular complexity index is 1150. The highest BCUT2D eigenvalue weighted by Gasteiger charge is 2.70. The Kier molecular flexibility index (Phi) is 4.99. The summed E-state index contributed by atoms with van der Waals surface area (Å²) in [5, 5.41) is 16.1. The van der Waals surface area contributed by atoms with Gasteiger partial charge in [0.2, 0.25) is 17.7 Å². The third kappa shape index (κ3) is 3.03. The number of para-hydroxylation sites is 1. The van der Waals surface area contributed by atoms with Gasteiger partial charge >= 0.3 is 0 Å². The molecule has 0 bridgehead atoms. The van der Waals surface area contributed by atoms with Crippen molar-refractivity contribution in [3.63, 3.8) is 0 Å². The standard InChI is InChI=1S/C27H29N3O4/c31-18-13-11-16(12-14-18)15-21-22-23(25(33)30(24(22)32)17-7-3-1-2-4-8-17)27(29-21)19-9-5-6-10-20(19)28-26(27)34/h5-6,9-14,17,21-23,29,31H,1-4,7-8,15H2,(H,28,34)/t21-,22+,23+,27+/m0/s1. The second-order valence-corrected chi connectivity index (χ2v) is 10.1. The maximum atomic E-state index is 14.0. The van der Waals surface area contributed by atoms with Gasteiger partial charge in [-0.25, -0.2) is 0 Å². The van der Waals surface area contributed by atoms with E-state index in [0.717, 1.165) is 49.7 Å². The fourth-order valence-electron chi connectivity index (χ4n) is 6.72. The SMILES string of the molecule is O=C1[C@@H]2[C@H](Cc3ccc(O)cc3)N[C@@]3(C(=O)Nc4ccccc43)[C@H]2C(=O)N1C1CCCCCC1. The Morgan fingerprint density at radius 3 is 2.35 bits per heavy atom. The smallest absolute Gasteiger partial charge is 0.250 e. The molecule has 4 aliphatic rings. The Labute approximate surface area is 198 Å². The molecule has 1 spiro atoms. The van der Waals surface area contributed by atoms with E-state index in [1.165, 1.54) is 4.90 Å². The molecule has 7 nitrogen and oxygen atoms in total. The van der Waals surface area contributed by atoms with E-state index in [2.05, 4.69) is 10.6 Å². The van der Waals surface area contributed by atoms with Gasteiger partial charge in [0.1, 0.15) is 11.3 Å². The van der Waals surface area contributed by atoms with Gasteiger partial charge in [0.25, 0.3) is 0 Å². The Hall–Kier alpha value is -3.19. The van der Waals surface area contributed by atoms with Crippen LogP contribution in [0.15, 0.2) is 48.5 Å². The van der Waals surface area contributed by atoms with E-state index in [1.807, 2.05) is 36.4 Å². The van der Waals surface area contributed by atoms with Crippen molar-refractivity contribution in [1.29, 1.82) is 0 Å². The number of hydrogen-bond acceptors (Lipinski definition) is 5. The normalized spacial score (nSPS) is 31.0. The molecule has 0 unspecified atom stereocenters. The molecule has 0 aromatic heterocycles. The van der Waals surface area contributed by atoms with Gasteiger partial charge in [0, 0.05) is 23.3 Å². The lowest BCUT2D eigenvalue weighted by Crippen LogP contribution is -2.54. The number of fused-ring (bicyclic) bond motifs is 4. The van der Waals surface area contributed by atoms with E-state index in [4.69, 9.17) is 0 Å². The summed E-state index contributed by atoms with van der Waals surface area (Å²) in [4.78, 5) is 43.0. The first-order valence-electron chi connectivity index (χ1n) is 12.3. The lowest BCUT2D eigenvalue weighted by molar-refractivity contribution is -0.145. The van der Waals surface area contributed by atoms with Crippen molar-refractivity contribution >= 4 is 23.4 Å². The molecule has 7 heteroatoms. The van der Waals surface area contributed by atoms with Crippen LogP contribution in [-0.4, -0.2) is 39.8 Å². The summed E-state index contributed by atoms with van der Waals surface area (Å²) in [7, 11) is 0. The minimum atomic E-state index is -1.25. The van der Waals surface area contributed by atoms with Crippen molar-refractivity contribution in [3.8, 4) is 5.75 Å². The minimum Gasteiger partial charge on any atom is -0.508 e. The molecule has 0 radical (unpaired) electrons. The van der Waals surface area contributed by atoms with E-state index >= 15 is 0 Å². The third-order valence-electron chi connectivity index (χ3n) is 8.24. The van der Waals surface area contributed by atoms with Crippen LogP contribution in [0.5, 0.6) is 5.75 Å². The first-order valence-corrected chi connectivity index (χ1v) is 12.3. The van der Waals surface area contributed by atoms with Crippen LogP contribution < -0.4 is 10.6 Å². The number of nitrogens with one attached hydrogen (secondary N) is 2. The average molecular weight is 460 g/mol. The number of rotatable bonds is 3. The number of likely N-dealkylation sites (tertiary alicyclic amines) is 1. The number of benzene rings is 2. The molecule has 1 aliphatic carbocycles. The molecule has 4 atom stereocenters. The summed E-state index contributed by atoms with van der Waals surface area (Å²) in [6.07, 6.45) is 6.44. The van der Waals surface area contributed by atoms with Crippen molar-refractivity contribution in [2.45, 2.75) is 62.6 Å². The summed E-state index contributed by atoms with van der Waals surface area (Å²) in [5.74, 6) is -1.83. The lowest BCUT2D eigenvalue weighted by atomic mass is 9.76. The zero-order chi connectivity index (χ0) is 23.4. The van der Waals surface area contributed by atoms with Crippen LogP contribution in [0.3, 0.4) is 0 Å². The molecule has 3 fully saturated rings. The highest BCUT2D eigenvalue weighted by atomic mass is 16.3. The van der Waals surface area contributed by atoms with E-state index in [9.17, 15) is 19.5 Å². The Balaban J connectivity index is 1.44. The molecule has 3 aliphatic heterocycles. The Morgan fingerprint density at radius 2 is 1.62 bits per heavy atom. The first kappa shape index (κ1) is 21.4. The highest BCUT2D eigenvalue weighted by molar-refractivity contribution is 6.15.